The Labute approximate surface area is 147 Å². The molecule has 21 heavy (non-hydrogen) atoms. The molecule has 4 nitrogen and oxygen atoms in total. The van der Waals surface area contributed by atoms with Gasteiger partial charge in [-0.05, 0) is 25.7 Å². The molecule has 0 saturated heterocycles. The molecule has 0 bridgehead atoms. The fourth-order valence-electron chi connectivity index (χ4n) is 3.12. The molecule has 3 rings (SSSR count). The number of rotatable bonds is 0. The zero-order valence-electron chi connectivity index (χ0n) is 12.0. The third kappa shape index (κ3) is 6.72. The Hall–Kier alpha value is -0.706. The molecule has 0 atom stereocenters. The summed E-state index contributed by atoms with van der Waals surface area (Å²) < 4.78 is 0. The normalized spacial score (nSPS) is 17.9. The third-order valence-electron chi connectivity index (χ3n) is 3.76. The molecule has 0 aromatic heterocycles. The molecule has 0 amide bonds. The molecule has 0 fully saturated rings. The Balaban J connectivity index is 0. The summed E-state index contributed by atoms with van der Waals surface area (Å²) in [5.41, 5.74) is 7.06. The number of fused-ring (bicyclic) bond motifs is 1. The van der Waals surface area contributed by atoms with Crippen molar-refractivity contribution in [3.63, 3.8) is 0 Å². The predicted octanol–water partition coefficient (Wildman–Crippen LogP) is 0.349. The molecular formula is C15H21ClO4Ti. The van der Waals surface area contributed by atoms with Gasteiger partial charge in [0.25, 0.3) is 12.9 Å². The molecule has 0 saturated carbocycles. The Morgan fingerprint density at radius 2 is 1.43 bits per heavy atom. The van der Waals surface area contributed by atoms with Gasteiger partial charge in [-0.2, -0.15) is 5.57 Å². The largest absolute Gasteiger partial charge is 2.00 e. The van der Waals surface area contributed by atoms with E-state index < -0.39 is 0 Å². The Kier molecular flexibility index (Phi) is 14.0. The monoisotopic (exact) mass is 348 g/mol. The Morgan fingerprint density at radius 3 is 2.05 bits per heavy atom. The molecule has 2 N–H and O–H groups in total. The summed E-state index contributed by atoms with van der Waals surface area (Å²) >= 11 is 0. The van der Waals surface area contributed by atoms with Gasteiger partial charge in [-0.3, -0.25) is 9.59 Å². The van der Waals surface area contributed by atoms with Crippen LogP contribution in [-0.4, -0.2) is 23.2 Å². The van der Waals surface area contributed by atoms with E-state index >= 15 is 0 Å². The van der Waals surface area contributed by atoms with Crippen molar-refractivity contribution in [2.24, 2.45) is 0 Å². The van der Waals surface area contributed by atoms with Gasteiger partial charge >= 0.3 is 21.7 Å². The molecule has 0 aliphatic heterocycles. The molecule has 0 aromatic carbocycles. The van der Waals surface area contributed by atoms with Gasteiger partial charge in [-0.25, -0.2) is 12.0 Å². The van der Waals surface area contributed by atoms with Gasteiger partial charge < -0.3 is 22.6 Å². The van der Waals surface area contributed by atoms with Crippen molar-refractivity contribution < 1.29 is 53.9 Å². The van der Waals surface area contributed by atoms with Crippen molar-refractivity contribution in [2.45, 2.75) is 51.4 Å². The molecule has 116 valence electrons. The average Bonchev–Trinajstić information content (AvgIpc) is 2.79. The van der Waals surface area contributed by atoms with E-state index in [0.717, 1.165) is 0 Å². The molecule has 3 aliphatic rings. The van der Waals surface area contributed by atoms with Crippen molar-refractivity contribution in [3.8, 4) is 0 Å². The Bertz CT molecular complexity index is 355. The molecule has 0 unspecified atom stereocenters. The first-order valence-electron chi connectivity index (χ1n) is 6.70. The van der Waals surface area contributed by atoms with Crippen LogP contribution in [0.25, 0.3) is 0 Å². The van der Waals surface area contributed by atoms with E-state index in [2.05, 4.69) is 6.42 Å². The van der Waals surface area contributed by atoms with E-state index in [0.29, 0.717) is 0 Å². The number of halogens is 1. The smallest absolute Gasteiger partial charge is 1.00 e. The fourth-order valence-corrected chi connectivity index (χ4v) is 3.12. The van der Waals surface area contributed by atoms with Crippen molar-refractivity contribution in [1.82, 2.24) is 0 Å². The van der Waals surface area contributed by atoms with Crippen molar-refractivity contribution in [3.05, 3.63) is 28.7 Å². The van der Waals surface area contributed by atoms with Crippen LogP contribution in [0.3, 0.4) is 0 Å². The van der Waals surface area contributed by atoms with Gasteiger partial charge in [0.05, 0.1) is 0 Å². The summed E-state index contributed by atoms with van der Waals surface area (Å²) in [5, 5.41) is 13.8. The topological polar surface area (TPSA) is 74.6 Å². The molecule has 3 aliphatic carbocycles. The predicted molar refractivity (Wildman–Crippen MR) is 72.7 cm³/mol. The van der Waals surface area contributed by atoms with Crippen LogP contribution in [-0.2, 0) is 31.3 Å². The first-order valence-corrected chi connectivity index (χ1v) is 6.70. The Morgan fingerprint density at radius 1 is 0.905 bits per heavy atom. The van der Waals surface area contributed by atoms with Crippen molar-refractivity contribution in [2.75, 3.05) is 0 Å². The van der Waals surface area contributed by atoms with Gasteiger partial charge in [0.1, 0.15) is 0 Å². The van der Waals surface area contributed by atoms with E-state index in [9.17, 15) is 0 Å². The standard InChI is InChI=1S/C13H17.2CH2O2.ClH.Ti/c1-3-7-12-10(5-1)9-11-6-2-4-8-13(11)12;2*2-1-3;;/h5H,1-4,6-9H2;2*1H,(H,2,3);1H;/q-1;;;;+2/p-1. The van der Waals surface area contributed by atoms with Crippen LogP contribution in [0.15, 0.2) is 22.3 Å². The second-order valence-corrected chi connectivity index (χ2v) is 4.78. The molecule has 0 radical (unpaired) electrons. The summed E-state index contributed by atoms with van der Waals surface area (Å²) in [5.74, 6) is 0. The van der Waals surface area contributed by atoms with Gasteiger partial charge in [-0.15, -0.1) is 12.0 Å². The quantitative estimate of drug-likeness (QED) is 0.376. The summed E-state index contributed by atoms with van der Waals surface area (Å²) in [6.07, 6.45) is 13.6. The number of allylic oxidation sites excluding steroid dienone is 4. The summed E-state index contributed by atoms with van der Waals surface area (Å²) in [6, 6.07) is 0. The van der Waals surface area contributed by atoms with E-state index in [-0.39, 0.29) is 47.1 Å². The molecule has 0 heterocycles. The number of carbonyl (C=O) groups is 2. The van der Waals surface area contributed by atoms with Crippen LogP contribution in [0, 0.1) is 6.42 Å². The second kappa shape index (κ2) is 13.0. The first-order chi connectivity index (χ1) is 9.28. The van der Waals surface area contributed by atoms with E-state index in [4.69, 9.17) is 19.8 Å². The average molecular weight is 349 g/mol. The van der Waals surface area contributed by atoms with Crippen LogP contribution in [0.5, 0.6) is 0 Å². The van der Waals surface area contributed by atoms with Crippen LogP contribution < -0.4 is 12.4 Å². The van der Waals surface area contributed by atoms with Crippen molar-refractivity contribution >= 4 is 12.9 Å². The first kappa shape index (κ1) is 22.6. The minimum absolute atomic E-state index is 0. The fraction of sp³-hybridized carbons (Fsp3) is 0.533. The van der Waals surface area contributed by atoms with Gasteiger partial charge in [0.15, 0.2) is 0 Å². The molecule has 0 aromatic rings. The molecular weight excluding hydrogens is 327 g/mol. The number of hydrogen-bond acceptors (Lipinski definition) is 2. The molecule has 0 spiro atoms. The van der Waals surface area contributed by atoms with E-state index in [1.54, 1.807) is 22.3 Å². The minimum atomic E-state index is -0.250. The second-order valence-electron chi connectivity index (χ2n) is 4.78. The molecule has 6 heteroatoms. The zero-order chi connectivity index (χ0) is 14.1. The van der Waals surface area contributed by atoms with Crippen molar-refractivity contribution in [1.29, 1.82) is 0 Å². The van der Waals surface area contributed by atoms with Crippen LogP contribution in [0.1, 0.15) is 51.4 Å². The van der Waals surface area contributed by atoms with Crippen LogP contribution in [0.2, 0.25) is 0 Å². The maximum atomic E-state index is 8.36. The van der Waals surface area contributed by atoms with Gasteiger partial charge in [-0.1, -0.05) is 24.8 Å². The third-order valence-corrected chi connectivity index (χ3v) is 3.76. The zero-order valence-corrected chi connectivity index (χ0v) is 14.3. The van der Waals surface area contributed by atoms with Gasteiger partial charge in [0, 0.05) is 0 Å². The van der Waals surface area contributed by atoms with Crippen LogP contribution >= 0.6 is 0 Å². The van der Waals surface area contributed by atoms with E-state index in [1.807, 2.05) is 0 Å². The summed E-state index contributed by atoms with van der Waals surface area (Å²) in [6.45, 7) is -0.500. The number of hydrogen-bond donors (Lipinski definition) is 2. The maximum absolute atomic E-state index is 8.36. The summed E-state index contributed by atoms with van der Waals surface area (Å²) in [7, 11) is 0. The van der Waals surface area contributed by atoms with E-state index in [1.165, 1.54) is 51.4 Å². The SMILES string of the molecule is O=CO.O=CO.[CH-]1CCCC2=C1CC1=C2CCCC1.[Cl-].[Ti+2]. The minimum Gasteiger partial charge on any atom is -1.00 e. The maximum Gasteiger partial charge on any atom is 2.00 e. The van der Waals surface area contributed by atoms with Gasteiger partial charge in [0.2, 0.25) is 0 Å². The summed E-state index contributed by atoms with van der Waals surface area (Å²) in [4.78, 5) is 16.7. The van der Waals surface area contributed by atoms with Crippen LogP contribution in [0.4, 0.5) is 0 Å². The number of carboxylic acid groups (broad SMARTS) is 2.